The highest BCUT2D eigenvalue weighted by atomic mass is 32.2. The summed E-state index contributed by atoms with van der Waals surface area (Å²) in [5, 5.41) is 3.74. The monoisotopic (exact) mass is 391 g/mol. The Hall–Kier alpha value is -0.970. The average molecular weight is 392 g/mol. The van der Waals surface area contributed by atoms with Crippen LogP contribution < -0.4 is 0 Å². The van der Waals surface area contributed by atoms with E-state index >= 15 is 0 Å². The fourth-order valence-electron chi connectivity index (χ4n) is 3.95. The Morgan fingerprint density at radius 2 is 1.84 bits per heavy atom. The van der Waals surface area contributed by atoms with Crippen LogP contribution in [-0.4, -0.2) is 74.4 Å². The molecule has 8 nitrogen and oxygen atoms in total. The van der Waals surface area contributed by atoms with E-state index in [1.165, 1.54) is 4.31 Å². The Kier molecular flexibility index (Phi) is 4.76. The van der Waals surface area contributed by atoms with E-state index in [9.17, 15) is 16.8 Å². The fraction of sp³-hybridized carbons (Fsp3) is 0.800. The highest BCUT2D eigenvalue weighted by Gasteiger charge is 2.51. The summed E-state index contributed by atoms with van der Waals surface area (Å²) in [7, 11) is -7.12. The molecule has 0 N–H and O–H groups in total. The van der Waals surface area contributed by atoms with E-state index in [1.807, 2.05) is 0 Å². The van der Waals surface area contributed by atoms with Gasteiger partial charge in [-0.2, -0.15) is 4.31 Å². The van der Waals surface area contributed by atoms with Crippen LogP contribution in [0.2, 0.25) is 0 Å². The number of nitrogens with zero attached hydrogens (tertiary/aromatic N) is 3. The molecule has 0 bridgehead atoms. The molecule has 2 aliphatic rings. The van der Waals surface area contributed by atoms with Gasteiger partial charge in [0.25, 0.3) is 0 Å². The minimum atomic E-state index is -3.85. The number of aryl methyl sites for hydroxylation is 2. The van der Waals surface area contributed by atoms with E-state index in [-0.39, 0.29) is 34.7 Å². The van der Waals surface area contributed by atoms with Gasteiger partial charge in [-0.25, -0.2) is 16.8 Å². The van der Waals surface area contributed by atoms with E-state index in [2.05, 4.69) is 23.9 Å². The molecule has 25 heavy (non-hydrogen) atoms. The van der Waals surface area contributed by atoms with Gasteiger partial charge in [0.15, 0.2) is 15.6 Å². The molecule has 1 aromatic rings. The smallest absolute Gasteiger partial charge is 0.248 e. The van der Waals surface area contributed by atoms with Gasteiger partial charge >= 0.3 is 0 Å². The molecule has 2 fully saturated rings. The van der Waals surface area contributed by atoms with Crippen molar-refractivity contribution in [2.75, 3.05) is 31.1 Å². The second kappa shape index (κ2) is 6.33. The largest absolute Gasteiger partial charge is 0.360 e. The maximum atomic E-state index is 13.2. The number of sulfone groups is 1. The first-order valence-electron chi connectivity index (χ1n) is 8.42. The van der Waals surface area contributed by atoms with Crippen LogP contribution in [0.25, 0.3) is 0 Å². The zero-order valence-corrected chi connectivity index (χ0v) is 16.6. The molecule has 0 unspecified atom stereocenters. The summed E-state index contributed by atoms with van der Waals surface area (Å²) in [5.74, 6) is 0.501. The number of piperazine rings is 1. The number of hydrogen-bond donors (Lipinski definition) is 0. The van der Waals surface area contributed by atoms with Gasteiger partial charge in [0, 0.05) is 25.7 Å². The second-order valence-corrected chi connectivity index (χ2v) is 11.4. The number of aromatic nitrogens is 1. The molecular weight excluding hydrogens is 366 g/mol. The topological polar surface area (TPSA) is 101 Å². The first-order chi connectivity index (χ1) is 11.5. The van der Waals surface area contributed by atoms with Crippen molar-refractivity contribution in [2.45, 2.75) is 44.7 Å². The molecule has 2 saturated heterocycles. The van der Waals surface area contributed by atoms with Gasteiger partial charge in [-0.3, -0.25) is 4.90 Å². The molecule has 2 atom stereocenters. The minimum Gasteiger partial charge on any atom is -0.360 e. The molecule has 0 saturated carbocycles. The first kappa shape index (κ1) is 18.8. The van der Waals surface area contributed by atoms with E-state index in [4.69, 9.17) is 4.52 Å². The van der Waals surface area contributed by atoms with E-state index in [1.54, 1.807) is 13.8 Å². The zero-order chi connectivity index (χ0) is 18.6. The minimum absolute atomic E-state index is 0.0119. The quantitative estimate of drug-likeness (QED) is 0.733. The molecule has 3 heterocycles. The molecule has 0 aromatic carbocycles. The zero-order valence-electron chi connectivity index (χ0n) is 15.0. The van der Waals surface area contributed by atoms with Crippen LogP contribution in [0.5, 0.6) is 0 Å². The van der Waals surface area contributed by atoms with Crippen molar-refractivity contribution < 1.29 is 21.4 Å². The van der Waals surface area contributed by atoms with Crippen molar-refractivity contribution in [1.82, 2.24) is 14.4 Å². The standard InChI is InChI=1S/C15H25N3O5S2/c1-10(2)7-17-5-6-18(14-9-24(19,20)8-13(14)17)25(21,22)15-11(3)16-23-12(15)4/h10,13-14H,5-9H2,1-4H3/t13-,14+/m0/s1. The van der Waals surface area contributed by atoms with Gasteiger partial charge < -0.3 is 4.52 Å². The Balaban J connectivity index is 1.99. The summed E-state index contributed by atoms with van der Waals surface area (Å²) < 4.78 is 57.2. The fourth-order valence-corrected chi connectivity index (χ4v) is 7.99. The van der Waals surface area contributed by atoms with Crippen molar-refractivity contribution >= 4 is 19.9 Å². The molecule has 10 heteroatoms. The first-order valence-corrected chi connectivity index (χ1v) is 11.7. The lowest BCUT2D eigenvalue weighted by atomic mass is 10.1. The number of hydrogen-bond acceptors (Lipinski definition) is 7. The van der Waals surface area contributed by atoms with Crippen LogP contribution in [0, 0.1) is 19.8 Å². The third kappa shape index (κ3) is 3.36. The molecule has 0 aliphatic carbocycles. The van der Waals surface area contributed by atoms with Gasteiger partial charge in [-0.1, -0.05) is 19.0 Å². The maximum absolute atomic E-state index is 13.2. The number of rotatable bonds is 4. The summed E-state index contributed by atoms with van der Waals surface area (Å²) in [6.45, 7) is 8.85. The Morgan fingerprint density at radius 3 is 2.40 bits per heavy atom. The number of fused-ring (bicyclic) bond motifs is 1. The summed E-state index contributed by atoms with van der Waals surface area (Å²) in [6, 6.07) is -0.854. The summed E-state index contributed by atoms with van der Waals surface area (Å²) in [4.78, 5) is 2.19. The Morgan fingerprint density at radius 1 is 1.20 bits per heavy atom. The van der Waals surface area contributed by atoms with Crippen LogP contribution in [-0.2, 0) is 19.9 Å². The lowest BCUT2D eigenvalue weighted by molar-refractivity contribution is 0.0849. The highest BCUT2D eigenvalue weighted by Crippen LogP contribution is 2.33. The summed E-state index contributed by atoms with van der Waals surface area (Å²) >= 11 is 0. The predicted molar refractivity (Wildman–Crippen MR) is 92.5 cm³/mol. The molecule has 0 amide bonds. The van der Waals surface area contributed by atoms with Crippen molar-refractivity contribution in [2.24, 2.45) is 5.92 Å². The van der Waals surface area contributed by atoms with E-state index in [0.717, 1.165) is 6.54 Å². The van der Waals surface area contributed by atoms with Gasteiger partial charge in [0.1, 0.15) is 10.6 Å². The maximum Gasteiger partial charge on any atom is 0.248 e. The van der Waals surface area contributed by atoms with Crippen LogP contribution >= 0.6 is 0 Å². The molecule has 1 aromatic heterocycles. The van der Waals surface area contributed by atoms with Gasteiger partial charge in [0.05, 0.1) is 17.5 Å². The molecular formula is C15H25N3O5S2. The van der Waals surface area contributed by atoms with Crippen LogP contribution in [0.4, 0.5) is 0 Å². The van der Waals surface area contributed by atoms with Crippen LogP contribution in [0.1, 0.15) is 25.3 Å². The molecule has 3 rings (SSSR count). The van der Waals surface area contributed by atoms with Gasteiger partial charge in [0.2, 0.25) is 10.0 Å². The van der Waals surface area contributed by atoms with Crippen LogP contribution in [0.15, 0.2) is 9.42 Å². The van der Waals surface area contributed by atoms with Crippen molar-refractivity contribution in [3.8, 4) is 0 Å². The Labute approximate surface area is 149 Å². The van der Waals surface area contributed by atoms with Gasteiger partial charge in [-0.05, 0) is 19.8 Å². The van der Waals surface area contributed by atoms with Crippen LogP contribution in [0.3, 0.4) is 0 Å². The predicted octanol–water partition coefficient (Wildman–Crippen LogP) is 0.419. The van der Waals surface area contributed by atoms with Crippen molar-refractivity contribution in [3.05, 3.63) is 11.5 Å². The summed E-state index contributed by atoms with van der Waals surface area (Å²) in [6.07, 6.45) is 0. The molecule has 142 valence electrons. The third-order valence-electron chi connectivity index (χ3n) is 4.87. The molecule has 2 aliphatic heterocycles. The average Bonchev–Trinajstić information content (AvgIpc) is 2.97. The van der Waals surface area contributed by atoms with Crippen molar-refractivity contribution in [1.29, 1.82) is 0 Å². The van der Waals surface area contributed by atoms with E-state index < -0.39 is 25.9 Å². The Bertz CT molecular complexity index is 840. The van der Waals surface area contributed by atoms with Crippen molar-refractivity contribution in [3.63, 3.8) is 0 Å². The highest BCUT2D eigenvalue weighted by molar-refractivity contribution is 7.92. The summed E-state index contributed by atoms with van der Waals surface area (Å²) in [5.41, 5.74) is 0.305. The lowest BCUT2D eigenvalue weighted by Crippen LogP contribution is -2.61. The molecule has 0 radical (unpaired) electrons. The molecule has 0 spiro atoms. The van der Waals surface area contributed by atoms with Gasteiger partial charge in [-0.15, -0.1) is 0 Å². The third-order valence-corrected chi connectivity index (χ3v) is 8.74. The lowest BCUT2D eigenvalue weighted by Gasteiger charge is -2.43. The number of sulfonamides is 1. The second-order valence-electron chi connectivity index (χ2n) is 7.37. The van der Waals surface area contributed by atoms with E-state index in [0.29, 0.717) is 18.2 Å². The SMILES string of the molecule is Cc1noc(C)c1S(=O)(=O)N1CCN(CC(C)C)[C@H]2CS(=O)(=O)C[C@H]21. The normalized spacial score (nSPS) is 27.7.